The largest absolute Gasteiger partial charge is 0.462 e. The molecule has 0 spiro atoms. The summed E-state index contributed by atoms with van der Waals surface area (Å²) in [5, 5.41) is 7.88. The summed E-state index contributed by atoms with van der Waals surface area (Å²) < 4.78 is 5.36. The van der Waals surface area contributed by atoms with Crippen LogP contribution in [0.15, 0.2) is 30.3 Å². The highest BCUT2D eigenvalue weighted by Gasteiger charge is 2.28. The molecule has 0 atom stereocenters. The predicted molar refractivity (Wildman–Crippen MR) is 128 cm³/mol. The van der Waals surface area contributed by atoms with E-state index in [1.54, 1.807) is 0 Å². The van der Waals surface area contributed by atoms with Crippen molar-refractivity contribution in [3.63, 3.8) is 0 Å². The second kappa shape index (κ2) is 9.26. The zero-order valence-corrected chi connectivity index (χ0v) is 20.1. The van der Waals surface area contributed by atoms with E-state index in [1.165, 1.54) is 11.3 Å². The molecule has 0 unspecified atom stereocenters. The molecule has 0 fully saturated rings. The van der Waals surface area contributed by atoms with E-state index in [0.29, 0.717) is 22.3 Å². The predicted octanol–water partition coefficient (Wildman–Crippen LogP) is 6.40. The zero-order chi connectivity index (χ0) is 21.8. The summed E-state index contributed by atoms with van der Waals surface area (Å²) >= 11 is 7.10. The number of aryl methyl sites for hydroxylation is 1. The molecule has 6 heteroatoms. The molecular formula is C23H32N2O2S2. The molecule has 4 nitrogen and oxygen atoms in total. The van der Waals surface area contributed by atoms with Crippen LogP contribution >= 0.6 is 23.6 Å². The minimum atomic E-state index is -0.338. The van der Waals surface area contributed by atoms with Crippen molar-refractivity contribution in [3.8, 4) is 11.1 Å². The SMILES string of the molecule is CCOC(=O)c1c(NC(=S)NC(C)(C)CC(C)(C)C)sc(C)c1-c1ccccc1. The fraction of sp³-hybridized carbons (Fsp3) is 0.478. The van der Waals surface area contributed by atoms with Crippen molar-refractivity contribution < 1.29 is 9.53 Å². The molecule has 2 N–H and O–H groups in total. The molecule has 1 aromatic carbocycles. The quantitative estimate of drug-likeness (QED) is 0.408. The normalized spacial score (nSPS) is 11.8. The number of ether oxygens (including phenoxy) is 1. The molecule has 1 aromatic heterocycles. The lowest BCUT2D eigenvalue weighted by Crippen LogP contribution is -2.47. The number of anilines is 1. The van der Waals surface area contributed by atoms with Crippen LogP contribution in [0.3, 0.4) is 0 Å². The van der Waals surface area contributed by atoms with Gasteiger partial charge in [0.15, 0.2) is 5.11 Å². The maximum Gasteiger partial charge on any atom is 0.341 e. The van der Waals surface area contributed by atoms with Gasteiger partial charge in [-0.25, -0.2) is 4.79 Å². The standard InChI is InChI=1S/C23H32N2O2S2/c1-8-27-20(26)18-17(16-12-10-9-11-13-16)15(2)29-19(18)24-21(28)25-23(6,7)14-22(3,4)5/h9-13H,8,14H2,1-7H3,(H2,24,25,28). The van der Waals surface area contributed by atoms with Crippen LogP contribution in [-0.2, 0) is 4.74 Å². The molecule has 1 heterocycles. The number of thiophene rings is 1. The Balaban J connectivity index is 2.35. The number of rotatable bonds is 6. The average Bonchev–Trinajstić information content (AvgIpc) is 2.88. The maximum absolute atomic E-state index is 12.8. The maximum atomic E-state index is 12.8. The van der Waals surface area contributed by atoms with Gasteiger partial charge in [-0.05, 0) is 57.3 Å². The summed E-state index contributed by atoms with van der Waals surface area (Å²) in [5.41, 5.74) is 2.42. The van der Waals surface area contributed by atoms with E-state index in [1.807, 2.05) is 44.2 Å². The highest BCUT2D eigenvalue weighted by molar-refractivity contribution is 7.80. The molecule has 0 bridgehead atoms. The van der Waals surface area contributed by atoms with Crippen molar-refractivity contribution in [2.24, 2.45) is 5.41 Å². The number of hydrogen-bond donors (Lipinski definition) is 2. The number of thiocarbonyl (C=S) groups is 1. The second-order valence-electron chi connectivity index (χ2n) is 9.02. The highest BCUT2D eigenvalue weighted by Crippen LogP contribution is 2.40. The Morgan fingerprint density at radius 2 is 1.76 bits per heavy atom. The summed E-state index contributed by atoms with van der Waals surface area (Å²) in [4.78, 5) is 13.8. The van der Waals surface area contributed by atoms with E-state index < -0.39 is 0 Å². The third-order valence-electron chi connectivity index (χ3n) is 4.28. The molecule has 0 radical (unpaired) electrons. The number of esters is 1. The first kappa shape index (κ1) is 23.4. The molecule has 0 saturated carbocycles. The van der Waals surface area contributed by atoms with Crippen LogP contribution in [0.5, 0.6) is 0 Å². The fourth-order valence-corrected chi connectivity index (χ4v) is 5.31. The van der Waals surface area contributed by atoms with Crippen molar-refractivity contribution in [1.82, 2.24) is 5.32 Å². The number of nitrogens with one attached hydrogen (secondary N) is 2. The smallest absolute Gasteiger partial charge is 0.341 e. The zero-order valence-electron chi connectivity index (χ0n) is 18.4. The molecular weight excluding hydrogens is 400 g/mol. The van der Waals surface area contributed by atoms with E-state index in [-0.39, 0.29) is 16.9 Å². The van der Waals surface area contributed by atoms with Crippen LogP contribution in [-0.4, -0.2) is 23.2 Å². The van der Waals surface area contributed by atoms with Gasteiger partial charge in [0.25, 0.3) is 0 Å². The molecule has 2 aromatic rings. The minimum Gasteiger partial charge on any atom is -0.462 e. The van der Waals surface area contributed by atoms with E-state index in [2.05, 4.69) is 45.3 Å². The van der Waals surface area contributed by atoms with Gasteiger partial charge in [0, 0.05) is 16.0 Å². The number of carbonyl (C=O) groups excluding carboxylic acids is 1. The van der Waals surface area contributed by atoms with Gasteiger partial charge in [0.2, 0.25) is 0 Å². The van der Waals surface area contributed by atoms with Crippen molar-refractivity contribution >= 4 is 39.6 Å². The van der Waals surface area contributed by atoms with Gasteiger partial charge >= 0.3 is 5.97 Å². The van der Waals surface area contributed by atoms with Gasteiger partial charge in [0.1, 0.15) is 10.6 Å². The lowest BCUT2D eigenvalue weighted by molar-refractivity contribution is 0.0529. The van der Waals surface area contributed by atoms with Gasteiger partial charge in [-0.2, -0.15) is 0 Å². The summed E-state index contributed by atoms with van der Waals surface area (Å²) in [5.74, 6) is -0.338. The van der Waals surface area contributed by atoms with Gasteiger partial charge in [-0.15, -0.1) is 11.3 Å². The Kier molecular flexibility index (Phi) is 7.46. The molecule has 158 valence electrons. The van der Waals surface area contributed by atoms with Gasteiger partial charge in [-0.1, -0.05) is 51.1 Å². The molecule has 2 rings (SSSR count). The van der Waals surface area contributed by atoms with Crippen LogP contribution < -0.4 is 10.6 Å². The molecule has 0 aliphatic rings. The molecule has 29 heavy (non-hydrogen) atoms. The first-order chi connectivity index (χ1) is 13.4. The van der Waals surface area contributed by atoms with E-state index >= 15 is 0 Å². The second-order valence-corrected chi connectivity index (χ2v) is 10.7. The lowest BCUT2D eigenvalue weighted by atomic mass is 9.82. The Morgan fingerprint density at radius 1 is 1.14 bits per heavy atom. The Bertz CT molecular complexity index is 865. The monoisotopic (exact) mass is 432 g/mol. The highest BCUT2D eigenvalue weighted by atomic mass is 32.1. The first-order valence-corrected chi connectivity index (χ1v) is 11.1. The van der Waals surface area contributed by atoms with Crippen LogP contribution in [0.2, 0.25) is 0 Å². The summed E-state index contributed by atoms with van der Waals surface area (Å²) in [6.45, 7) is 15.0. The van der Waals surface area contributed by atoms with Crippen LogP contribution in [0.4, 0.5) is 5.00 Å². The van der Waals surface area contributed by atoms with E-state index in [4.69, 9.17) is 17.0 Å². The van der Waals surface area contributed by atoms with Crippen molar-refractivity contribution in [3.05, 3.63) is 40.8 Å². The average molecular weight is 433 g/mol. The molecule has 0 aliphatic heterocycles. The Labute approximate surface area is 184 Å². The summed E-state index contributed by atoms with van der Waals surface area (Å²) in [6.07, 6.45) is 0.950. The minimum absolute atomic E-state index is 0.169. The third kappa shape index (κ3) is 6.54. The molecule has 0 saturated heterocycles. The molecule has 0 amide bonds. The number of hydrogen-bond acceptors (Lipinski definition) is 4. The van der Waals surface area contributed by atoms with Crippen LogP contribution in [0, 0.1) is 12.3 Å². The topological polar surface area (TPSA) is 50.4 Å². The van der Waals surface area contributed by atoms with E-state index in [9.17, 15) is 4.79 Å². The fourth-order valence-electron chi connectivity index (χ4n) is 3.79. The summed E-state index contributed by atoms with van der Waals surface area (Å²) in [6, 6.07) is 9.91. The van der Waals surface area contributed by atoms with Crippen LogP contribution in [0.1, 0.15) is 63.2 Å². The number of benzene rings is 1. The van der Waals surface area contributed by atoms with E-state index in [0.717, 1.165) is 22.4 Å². The number of carbonyl (C=O) groups is 1. The van der Waals surface area contributed by atoms with Crippen molar-refractivity contribution in [1.29, 1.82) is 0 Å². The molecule has 0 aliphatic carbocycles. The van der Waals surface area contributed by atoms with Gasteiger partial charge < -0.3 is 15.4 Å². The summed E-state index contributed by atoms with van der Waals surface area (Å²) in [7, 11) is 0. The van der Waals surface area contributed by atoms with Crippen molar-refractivity contribution in [2.45, 2.75) is 60.4 Å². The third-order valence-corrected chi connectivity index (χ3v) is 5.50. The van der Waals surface area contributed by atoms with Crippen molar-refractivity contribution in [2.75, 3.05) is 11.9 Å². The Hall–Kier alpha value is -1.92. The lowest BCUT2D eigenvalue weighted by Gasteiger charge is -2.34. The van der Waals surface area contributed by atoms with Gasteiger partial charge in [0.05, 0.1) is 6.61 Å². The van der Waals surface area contributed by atoms with Gasteiger partial charge in [-0.3, -0.25) is 0 Å². The Morgan fingerprint density at radius 3 is 2.31 bits per heavy atom. The van der Waals surface area contributed by atoms with Crippen LogP contribution in [0.25, 0.3) is 11.1 Å². The first-order valence-electron chi connectivity index (χ1n) is 9.88.